The Morgan fingerprint density at radius 2 is 1.75 bits per heavy atom. The average molecular weight is 331 g/mol. The molecular weight excluding hydrogens is 318 g/mol. The first-order chi connectivity index (χ1) is 11.8. The van der Waals surface area contributed by atoms with E-state index in [0.29, 0.717) is 17.1 Å². The van der Waals surface area contributed by atoms with Crippen LogP contribution in [0.25, 0.3) is 27.1 Å². The average Bonchev–Trinajstić information content (AvgIpc) is 3.27. The molecule has 0 bridgehead atoms. The van der Waals surface area contributed by atoms with Crippen molar-refractivity contribution < 1.29 is 9.21 Å². The lowest BCUT2D eigenvalue weighted by atomic mass is 10.1. The van der Waals surface area contributed by atoms with Gasteiger partial charge in [-0.1, -0.05) is 42.5 Å². The number of furan rings is 1. The monoisotopic (exact) mass is 331 g/mol. The SMILES string of the molecule is O=C(C=Cc1ccc(-c2nc3ccccc3s2)o1)c1ccccc1. The fraction of sp³-hybridized carbons (Fsp3) is 0. The first-order valence-corrected chi connectivity index (χ1v) is 8.34. The van der Waals surface area contributed by atoms with Gasteiger partial charge in [-0.15, -0.1) is 11.3 Å². The van der Waals surface area contributed by atoms with Crippen molar-refractivity contribution in [2.24, 2.45) is 0 Å². The zero-order valence-electron chi connectivity index (χ0n) is 12.7. The van der Waals surface area contributed by atoms with E-state index in [1.807, 2.05) is 54.6 Å². The second kappa shape index (κ2) is 6.26. The maximum atomic E-state index is 12.1. The number of hydrogen-bond acceptors (Lipinski definition) is 4. The summed E-state index contributed by atoms with van der Waals surface area (Å²) in [7, 11) is 0. The van der Waals surface area contributed by atoms with Gasteiger partial charge in [0.05, 0.1) is 10.2 Å². The van der Waals surface area contributed by atoms with E-state index < -0.39 is 0 Å². The Bertz CT molecular complexity index is 995. The van der Waals surface area contributed by atoms with Gasteiger partial charge in [0.1, 0.15) is 5.76 Å². The number of rotatable bonds is 4. The van der Waals surface area contributed by atoms with E-state index in [2.05, 4.69) is 4.98 Å². The largest absolute Gasteiger partial charge is 0.454 e. The number of para-hydroxylation sites is 1. The number of carbonyl (C=O) groups excluding carboxylic acids is 1. The summed E-state index contributed by atoms with van der Waals surface area (Å²) >= 11 is 1.59. The highest BCUT2D eigenvalue weighted by Gasteiger charge is 2.09. The van der Waals surface area contributed by atoms with Crippen LogP contribution in [0.15, 0.2) is 77.2 Å². The van der Waals surface area contributed by atoms with Crippen molar-refractivity contribution in [3.05, 3.63) is 84.1 Å². The Morgan fingerprint density at radius 3 is 2.58 bits per heavy atom. The second-order valence-electron chi connectivity index (χ2n) is 5.25. The van der Waals surface area contributed by atoms with Crippen LogP contribution in [-0.4, -0.2) is 10.8 Å². The summed E-state index contributed by atoms with van der Waals surface area (Å²) in [6, 6.07) is 20.9. The van der Waals surface area contributed by atoms with Crippen LogP contribution in [0.3, 0.4) is 0 Å². The predicted octanol–water partition coefficient (Wildman–Crippen LogP) is 5.45. The molecule has 24 heavy (non-hydrogen) atoms. The quantitative estimate of drug-likeness (QED) is 0.369. The molecule has 4 heteroatoms. The van der Waals surface area contributed by atoms with Gasteiger partial charge in [0.25, 0.3) is 0 Å². The Balaban J connectivity index is 1.56. The standard InChI is InChI=1S/C20H13NO2S/c22-17(14-6-2-1-3-7-14)12-10-15-11-13-18(23-15)20-21-16-8-4-5-9-19(16)24-20/h1-13H. The third-order valence-corrected chi connectivity index (χ3v) is 4.64. The lowest BCUT2D eigenvalue weighted by molar-refractivity contribution is 0.104. The number of nitrogens with zero attached hydrogens (tertiary/aromatic N) is 1. The number of carbonyl (C=O) groups is 1. The molecule has 2 heterocycles. The lowest BCUT2D eigenvalue weighted by Gasteiger charge is -1.93. The molecule has 0 aliphatic heterocycles. The molecule has 4 rings (SSSR count). The van der Waals surface area contributed by atoms with Gasteiger partial charge in [-0.2, -0.15) is 0 Å². The predicted molar refractivity (Wildman–Crippen MR) is 97.1 cm³/mol. The number of ketones is 1. The number of aromatic nitrogens is 1. The molecule has 0 aliphatic carbocycles. The van der Waals surface area contributed by atoms with Crippen molar-refractivity contribution in [3.8, 4) is 10.8 Å². The Morgan fingerprint density at radius 1 is 0.958 bits per heavy atom. The van der Waals surface area contributed by atoms with Gasteiger partial charge in [0.15, 0.2) is 16.6 Å². The zero-order valence-corrected chi connectivity index (χ0v) is 13.5. The van der Waals surface area contributed by atoms with Crippen molar-refractivity contribution in [1.82, 2.24) is 4.98 Å². The Labute approximate surface area is 142 Å². The summed E-state index contributed by atoms with van der Waals surface area (Å²) in [6.45, 7) is 0. The van der Waals surface area contributed by atoms with Crippen molar-refractivity contribution >= 4 is 33.4 Å². The van der Waals surface area contributed by atoms with Crippen LogP contribution in [0.2, 0.25) is 0 Å². The summed E-state index contributed by atoms with van der Waals surface area (Å²) < 4.78 is 6.92. The van der Waals surface area contributed by atoms with Gasteiger partial charge >= 0.3 is 0 Å². The van der Waals surface area contributed by atoms with Crippen LogP contribution < -0.4 is 0 Å². The van der Waals surface area contributed by atoms with Gasteiger partial charge < -0.3 is 4.42 Å². The van der Waals surface area contributed by atoms with Crippen molar-refractivity contribution in [2.45, 2.75) is 0 Å². The van der Waals surface area contributed by atoms with Crippen molar-refractivity contribution in [3.63, 3.8) is 0 Å². The highest BCUT2D eigenvalue weighted by atomic mass is 32.1. The summed E-state index contributed by atoms with van der Waals surface area (Å²) in [4.78, 5) is 16.6. The van der Waals surface area contributed by atoms with Crippen LogP contribution in [-0.2, 0) is 0 Å². The topological polar surface area (TPSA) is 43.1 Å². The van der Waals surface area contributed by atoms with Crippen molar-refractivity contribution in [1.29, 1.82) is 0 Å². The molecule has 0 atom stereocenters. The molecule has 116 valence electrons. The highest BCUT2D eigenvalue weighted by Crippen LogP contribution is 2.31. The first-order valence-electron chi connectivity index (χ1n) is 7.53. The normalized spacial score (nSPS) is 11.3. The molecule has 0 saturated heterocycles. The smallest absolute Gasteiger partial charge is 0.185 e. The molecule has 0 amide bonds. The Kier molecular flexibility index (Phi) is 3.81. The van der Waals surface area contributed by atoms with E-state index in [9.17, 15) is 4.79 Å². The summed E-state index contributed by atoms with van der Waals surface area (Å²) in [5, 5.41) is 0.838. The minimum absolute atomic E-state index is 0.0477. The fourth-order valence-electron chi connectivity index (χ4n) is 2.39. The number of fused-ring (bicyclic) bond motifs is 1. The Hall–Kier alpha value is -2.98. The molecule has 0 spiro atoms. The molecule has 0 aliphatic rings. The van der Waals surface area contributed by atoms with Gasteiger partial charge in [0, 0.05) is 5.56 Å². The van der Waals surface area contributed by atoms with E-state index in [4.69, 9.17) is 4.42 Å². The van der Waals surface area contributed by atoms with E-state index in [1.165, 1.54) is 6.08 Å². The van der Waals surface area contributed by atoms with Crippen LogP contribution in [0.4, 0.5) is 0 Å². The first kappa shape index (κ1) is 14.6. The molecule has 0 radical (unpaired) electrons. The number of benzene rings is 2. The molecule has 3 nitrogen and oxygen atoms in total. The minimum atomic E-state index is -0.0477. The zero-order chi connectivity index (χ0) is 16.4. The number of hydrogen-bond donors (Lipinski definition) is 0. The number of thiazole rings is 1. The summed E-state index contributed by atoms with van der Waals surface area (Å²) in [5.41, 5.74) is 1.62. The maximum Gasteiger partial charge on any atom is 0.185 e. The van der Waals surface area contributed by atoms with E-state index in [-0.39, 0.29) is 5.78 Å². The van der Waals surface area contributed by atoms with Crippen LogP contribution >= 0.6 is 11.3 Å². The third kappa shape index (κ3) is 2.92. The molecule has 4 aromatic rings. The van der Waals surface area contributed by atoms with E-state index in [1.54, 1.807) is 29.5 Å². The summed E-state index contributed by atoms with van der Waals surface area (Å²) in [6.07, 6.45) is 3.21. The fourth-order valence-corrected chi connectivity index (χ4v) is 3.32. The van der Waals surface area contributed by atoms with Crippen LogP contribution in [0.1, 0.15) is 16.1 Å². The molecule has 0 N–H and O–H groups in total. The van der Waals surface area contributed by atoms with E-state index >= 15 is 0 Å². The molecule has 2 aromatic carbocycles. The van der Waals surface area contributed by atoms with E-state index in [0.717, 1.165) is 15.2 Å². The van der Waals surface area contributed by atoms with Crippen LogP contribution in [0.5, 0.6) is 0 Å². The van der Waals surface area contributed by atoms with Gasteiger partial charge in [-0.05, 0) is 36.4 Å². The highest BCUT2D eigenvalue weighted by molar-refractivity contribution is 7.21. The minimum Gasteiger partial charge on any atom is -0.454 e. The maximum absolute atomic E-state index is 12.1. The molecular formula is C20H13NO2S. The van der Waals surface area contributed by atoms with Gasteiger partial charge in [-0.25, -0.2) is 4.98 Å². The van der Waals surface area contributed by atoms with Gasteiger partial charge in [0.2, 0.25) is 0 Å². The molecule has 2 aromatic heterocycles. The summed E-state index contributed by atoms with van der Waals surface area (Å²) in [5.74, 6) is 1.30. The van der Waals surface area contributed by atoms with Crippen molar-refractivity contribution in [2.75, 3.05) is 0 Å². The molecule has 0 saturated carbocycles. The molecule has 0 unspecified atom stereocenters. The second-order valence-corrected chi connectivity index (χ2v) is 6.28. The molecule has 0 fully saturated rings. The van der Waals surface area contributed by atoms with Crippen LogP contribution in [0, 0.1) is 0 Å². The van der Waals surface area contributed by atoms with Gasteiger partial charge in [-0.3, -0.25) is 4.79 Å². The number of allylic oxidation sites excluding steroid dienone is 1. The lowest BCUT2D eigenvalue weighted by Crippen LogP contribution is -1.92. The third-order valence-electron chi connectivity index (χ3n) is 3.59.